The first-order valence-electron chi connectivity index (χ1n) is 6.37. The van der Waals surface area contributed by atoms with Crippen molar-refractivity contribution in [1.29, 1.82) is 0 Å². The van der Waals surface area contributed by atoms with Gasteiger partial charge in [-0.2, -0.15) is 0 Å². The normalized spacial score (nSPS) is 10.4. The number of thiazole rings is 1. The van der Waals surface area contributed by atoms with Crippen LogP contribution in [0.1, 0.15) is 21.8 Å². The van der Waals surface area contributed by atoms with Crippen LogP contribution < -0.4 is 5.32 Å². The van der Waals surface area contributed by atoms with Gasteiger partial charge in [0.15, 0.2) is 0 Å². The van der Waals surface area contributed by atoms with E-state index in [1.54, 1.807) is 11.3 Å². The minimum Gasteiger partial charge on any atom is -0.355 e. The monoisotopic (exact) mass is 274 g/mol. The maximum Gasteiger partial charge on any atom is 0.224 e. The molecule has 4 heteroatoms. The van der Waals surface area contributed by atoms with Crippen LogP contribution in [0.4, 0.5) is 0 Å². The number of carbonyl (C=O) groups is 1. The van der Waals surface area contributed by atoms with E-state index in [1.165, 1.54) is 0 Å². The average Bonchev–Trinajstić information content (AvgIpc) is 2.78. The Morgan fingerprint density at radius 1 is 1.32 bits per heavy atom. The third-order valence-corrected chi connectivity index (χ3v) is 3.97. The third kappa shape index (κ3) is 4.17. The predicted molar refractivity (Wildman–Crippen MR) is 78.4 cm³/mol. The number of rotatable bonds is 5. The Hall–Kier alpha value is -1.68. The van der Waals surface area contributed by atoms with E-state index in [0.717, 1.165) is 28.2 Å². The van der Waals surface area contributed by atoms with Gasteiger partial charge in [0.25, 0.3) is 0 Å². The van der Waals surface area contributed by atoms with Crippen LogP contribution >= 0.6 is 11.3 Å². The molecular weight excluding hydrogens is 256 g/mol. The first-order chi connectivity index (χ1) is 9.15. The third-order valence-electron chi connectivity index (χ3n) is 2.94. The van der Waals surface area contributed by atoms with Gasteiger partial charge in [-0.05, 0) is 25.0 Å². The standard InChI is InChI=1S/C15H18N2OS/c1-11-5-3-4-6-13(11)9-14(18)16-8-7-15-17-12(2)10-19-15/h3-6,10H,7-9H2,1-2H3,(H,16,18). The van der Waals surface area contributed by atoms with Crippen LogP contribution in [0.3, 0.4) is 0 Å². The predicted octanol–water partition coefficient (Wildman–Crippen LogP) is 2.66. The lowest BCUT2D eigenvalue weighted by Crippen LogP contribution is -2.27. The maximum absolute atomic E-state index is 11.8. The minimum atomic E-state index is 0.0718. The largest absolute Gasteiger partial charge is 0.355 e. The van der Waals surface area contributed by atoms with Crippen LogP contribution in [0, 0.1) is 13.8 Å². The first kappa shape index (κ1) is 13.7. The molecule has 2 rings (SSSR count). The summed E-state index contributed by atoms with van der Waals surface area (Å²) in [5.41, 5.74) is 3.30. The Bertz CT molecular complexity index is 563. The zero-order chi connectivity index (χ0) is 13.7. The van der Waals surface area contributed by atoms with Crippen molar-refractivity contribution in [3.8, 4) is 0 Å². The summed E-state index contributed by atoms with van der Waals surface area (Å²) in [6.45, 7) is 4.66. The molecule has 0 aliphatic rings. The van der Waals surface area contributed by atoms with Crippen molar-refractivity contribution in [2.75, 3.05) is 6.54 Å². The quantitative estimate of drug-likeness (QED) is 0.910. The molecule has 100 valence electrons. The van der Waals surface area contributed by atoms with Gasteiger partial charge in [0.05, 0.1) is 11.4 Å². The highest BCUT2D eigenvalue weighted by Gasteiger charge is 2.05. The van der Waals surface area contributed by atoms with Gasteiger partial charge in [0.1, 0.15) is 0 Å². The van der Waals surface area contributed by atoms with E-state index in [9.17, 15) is 4.79 Å². The molecule has 3 nitrogen and oxygen atoms in total. The molecule has 1 aromatic heterocycles. The molecule has 0 spiro atoms. The summed E-state index contributed by atoms with van der Waals surface area (Å²) < 4.78 is 0. The number of hydrogen-bond donors (Lipinski definition) is 1. The highest BCUT2D eigenvalue weighted by atomic mass is 32.1. The van der Waals surface area contributed by atoms with Gasteiger partial charge in [0.2, 0.25) is 5.91 Å². The molecular formula is C15H18N2OS. The molecule has 0 saturated carbocycles. The maximum atomic E-state index is 11.8. The molecule has 1 heterocycles. The summed E-state index contributed by atoms with van der Waals surface area (Å²) in [6.07, 6.45) is 1.25. The number of nitrogens with one attached hydrogen (secondary N) is 1. The van der Waals surface area contributed by atoms with Crippen molar-refractivity contribution < 1.29 is 4.79 Å². The molecule has 0 radical (unpaired) electrons. The molecule has 0 atom stereocenters. The summed E-state index contributed by atoms with van der Waals surface area (Å²) >= 11 is 1.65. The van der Waals surface area contributed by atoms with Gasteiger partial charge in [-0.25, -0.2) is 4.98 Å². The molecule has 19 heavy (non-hydrogen) atoms. The van der Waals surface area contributed by atoms with Crippen molar-refractivity contribution in [1.82, 2.24) is 10.3 Å². The Balaban J connectivity index is 1.77. The highest BCUT2D eigenvalue weighted by molar-refractivity contribution is 7.09. The van der Waals surface area contributed by atoms with Crippen molar-refractivity contribution >= 4 is 17.2 Å². The summed E-state index contributed by atoms with van der Waals surface area (Å²) in [4.78, 5) is 16.2. The molecule has 1 N–H and O–H groups in total. The Kier molecular flexibility index (Phi) is 4.68. The number of benzene rings is 1. The lowest BCUT2D eigenvalue weighted by Gasteiger charge is -2.06. The van der Waals surface area contributed by atoms with Gasteiger partial charge in [-0.1, -0.05) is 24.3 Å². The lowest BCUT2D eigenvalue weighted by molar-refractivity contribution is -0.120. The summed E-state index contributed by atoms with van der Waals surface area (Å²) in [5.74, 6) is 0.0718. The first-order valence-corrected chi connectivity index (χ1v) is 7.25. The molecule has 1 amide bonds. The molecule has 0 fully saturated rings. The Labute approximate surface area is 117 Å². The fraction of sp³-hybridized carbons (Fsp3) is 0.333. The van der Waals surface area contributed by atoms with E-state index in [4.69, 9.17) is 0 Å². The zero-order valence-corrected chi connectivity index (χ0v) is 12.1. The molecule has 0 saturated heterocycles. The van der Waals surface area contributed by atoms with E-state index in [1.807, 2.05) is 43.5 Å². The molecule has 0 unspecified atom stereocenters. The Morgan fingerprint density at radius 2 is 2.11 bits per heavy atom. The number of nitrogens with zero attached hydrogens (tertiary/aromatic N) is 1. The second-order valence-electron chi connectivity index (χ2n) is 4.59. The highest BCUT2D eigenvalue weighted by Crippen LogP contribution is 2.09. The van der Waals surface area contributed by atoms with Crippen molar-refractivity contribution in [2.45, 2.75) is 26.7 Å². The van der Waals surface area contributed by atoms with Gasteiger partial charge in [-0.15, -0.1) is 11.3 Å². The number of aryl methyl sites for hydroxylation is 2. The smallest absolute Gasteiger partial charge is 0.224 e. The van der Waals surface area contributed by atoms with Crippen LogP contribution in [0.25, 0.3) is 0 Å². The fourth-order valence-corrected chi connectivity index (χ4v) is 2.65. The average molecular weight is 274 g/mol. The minimum absolute atomic E-state index is 0.0718. The van der Waals surface area contributed by atoms with Crippen molar-refractivity contribution in [2.24, 2.45) is 0 Å². The van der Waals surface area contributed by atoms with Gasteiger partial charge >= 0.3 is 0 Å². The molecule has 1 aromatic carbocycles. The topological polar surface area (TPSA) is 42.0 Å². The summed E-state index contributed by atoms with van der Waals surface area (Å²) in [7, 11) is 0. The number of amides is 1. The van der Waals surface area contributed by atoms with Crippen molar-refractivity contribution in [3.05, 3.63) is 51.5 Å². The number of aromatic nitrogens is 1. The van der Waals surface area contributed by atoms with Gasteiger partial charge < -0.3 is 5.32 Å². The van der Waals surface area contributed by atoms with Crippen LogP contribution in [-0.2, 0) is 17.6 Å². The fourth-order valence-electron chi connectivity index (χ4n) is 1.87. The SMILES string of the molecule is Cc1csc(CCNC(=O)Cc2ccccc2C)n1. The van der Waals surface area contributed by atoms with E-state index in [0.29, 0.717) is 13.0 Å². The van der Waals surface area contributed by atoms with Crippen LogP contribution in [-0.4, -0.2) is 17.4 Å². The van der Waals surface area contributed by atoms with E-state index in [-0.39, 0.29) is 5.91 Å². The van der Waals surface area contributed by atoms with E-state index >= 15 is 0 Å². The second-order valence-corrected chi connectivity index (χ2v) is 5.53. The second kappa shape index (κ2) is 6.48. The number of carbonyl (C=O) groups excluding carboxylic acids is 1. The van der Waals surface area contributed by atoms with Crippen LogP contribution in [0.2, 0.25) is 0 Å². The van der Waals surface area contributed by atoms with Gasteiger partial charge in [0, 0.05) is 24.0 Å². The van der Waals surface area contributed by atoms with Crippen LogP contribution in [0.15, 0.2) is 29.6 Å². The Morgan fingerprint density at radius 3 is 2.79 bits per heavy atom. The molecule has 0 bridgehead atoms. The lowest BCUT2D eigenvalue weighted by atomic mass is 10.1. The summed E-state index contributed by atoms with van der Waals surface area (Å²) in [5, 5.41) is 6.05. The van der Waals surface area contributed by atoms with E-state index < -0.39 is 0 Å². The number of hydrogen-bond acceptors (Lipinski definition) is 3. The molecule has 0 aliphatic heterocycles. The van der Waals surface area contributed by atoms with Gasteiger partial charge in [-0.3, -0.25) is 4.79 Å². The molecule has 2 aromatic rings. The van der Waals surface area contributed by atoms with Crippen LogP contribution in [0.5, 0.6) is 0 Å². The molecule has 0 aliphatic carbocycles. The van der Waals surface area contributed by atoms with Crippen molar-refractivity contribution in [3.63, 3.8) is 0 Å². The van der Waals surface area contributed by atoms with E-state index in [2.05, 4.69) is 10.3 Å². The summed E-state index contributed by atoms with van der Waals surface area (Å²) in [6, 6.07) is 7.98. The zero-order valence-electron chi connectivity index (χ0n) is 11.3.